The number of rotatable bonds is 5. The number of imidazole rings is 1. The van der Waals surface area contributed by atoms with Crippen molar-refractivity contribution in [3.63, 3.8) is 0 Å². The fourth-order valence-corrected chi connectivity index (χ4v) is 4.44. The van der Waals surface area contributed by atoms with Crippen LogP contribution in [0.25, 0.3) is 0 Å². The van der Waals surface area contributed by atoms with Gasteiger partial charge in [0.25, 0.3) is 0 Å². The molecular weight excluding hydrogens is 328 g/mol. The quantitative estimate of drug-likeness (QED) is 0.843. The zero-order valence-corrected chi connectivity index (χ0v) is 14.9. The number of carbonyl (C=O) groups excluding carboxylic acids is 1. The van der Waals surface area contributed by atoms with Crippen molar-refractivity contribution in [1.82, 2.24) is 19.8 Å². The van der Waals surface area contributed by atoms with Gasteiger partial charge in [-0.15, -0.1) is 11.3 Å². The predicted molar refractivity (Wildman–Crippen MR) is 94.8 cm³/mol. The third-order valence-electron chi connectivity index (χ3n) is 4.12. The largest absolute Gasteiger partial charge is 0.333 e. The fourth-order valence-electron chi connectivity index (χ4n) is 2.67. The number of hydrogen-bond acceptors (Lipinski definition) is 4. The molecule has 1 fully saturated rings. The number of urea groups is 1. The van der Waals surface area contributed by atoms with Gasteiger partial charge >= 0.3 is 6.03 Å². The molecule has 2 aromatic rings. The Morgan fingerprint density at radius 2 is 2.30 bits per heavy atom. The summed E-state index contributed by atoms with van der Waals surface area (Å²) in [6, 6.07) is 4.12. The third kappa shape index (κ3) is 4.51. The van der Waals surface area contributed by atoms with Crippen LogP contribution in [0, 0.1) is 5.92 Å². The zero-order chi connectivity index (χ0) is 16.1. The van der Waals surface area contributed by atoms with E-state index in [-0.39, 0.29) is 6.03 Å². The highest BCUT2D eigenvalue weighted by Gasteiger charge is 2.23. The van der Waals surface area contributed by atoms with Gasteiger partial charge < -0.3 is 14.8 Å². The number of carbonyl (C=O) groups is 1. The summed E-state index contributed by atoms with van der Waals surface area (Å²) in [5.41, 5.74) is 0. The first-order valence-electron chi connectivity index (χ1n) is 7.87. The molecule has 0 radical (unpaired) electrons. The van der Waals surface area contributed by atoms with Gasteiger partial charge in [0, 0.05) is 43.2 Å². The first kappa shape index (κ1) is 16.4. The van der Waals surface area contributed by atoms with Crippen molar-refractivity contribution >= 4 is 29.1 Å². The van der Waals surface area contributed by atoms with Crippen LogP contribution >= 0.6 is 23.1 Å². The average Bonchev–Trinajstić information content (AvgIpc) is 3.23. The number of thiophene rings is 1. The van der Waals surface area contributed by atoms with E-state index in [0.29, 0.717) is 12.5 Å². The van der Waals surface area contributed by atoms with Crippen LogP contribution in [0.2, 0.25) is 0 Å². The Balaban J connectivity index is 1.38. The molecule has 7 heteroatoms. The van der Waals surface area contributed by atoms with Crippen LogP contribution in [0.5, 0.6) is 0 Å². The Bertz CT molecular complexity index is 618. The summed E-state index contributed by atoms with van der Waals surface area (Å²) in [4.78, 5) is 19.7. The Kier molecular flexibility index (Phi) is 5.61. The van der Waals surface area contributed by atoms with Crippen molar-refractivity contribution in [3.05, 3.63) is 34.8 Å². The molecule has 1 aliphatic rings. The van der Waals surface area contributed by atoms with E-state index in [1.54, 1.807) is 11.3 Å². The Morgan fingerprint density at radius 1 is 1.48 bits per heavy atom. The number of likely N-dealkylation sites (tertiary alicyclic amines) is 1. The molecule has 5 nitrogen and oxygen atoms in total. The molecule has 1 saturated heterocycles. The lowest BCUT2D eigenvalue weighted by Gasteiger charge is -2.31. The molecule has 124 valence electrons. The normalized spacial score (nSPS) is 15.8. The van der Waals surface area contributed by atoms with Gasteiger partial charge in [0.1, 0.15) is 0 Å². The third-order valence-corrected chi connectivity index (χ3v) is 6.29. The van der Waals surface area contributed by atoms with Gasteiger partial charge in [-0.25, -0.2) is 9.78 Å². The summed E-state index contributed by atoms with van der Waals surface area (Å²) in [7, 11) is 2.02. The molecule has 2 aromatic heterocycles. The van der Waals surface area contributed by atoms with Gasteiger partial charge in [0.05, 0.1) is 6.54 Å². The van der Waals surface area contributed by atoms with E-state index in [1.165, 1.54) is 4.88 Å². The van der Waals surface area contributed by atoms with Crippen LogP contribution < -0.4 is 5.32 Å². The lowest BCUT2D eigenvalue weighted by atomic mass is 9.99. The van der Waals surface area contributed by atoms with Crippen LogP contribution in [0.3, 0.4) is 0 Å². The van der Waals surface area contributed by atoms with Crippen LogP contribution in [-0.4, -0.2) is 39.3 Å². The smallest absolute Gasteiger partial charge is 0.317 e. The molecule has 0 aromatic carbocycles. The maximum atomic E-state index is 12.2. The van der Waals surface area contributed by atoms with Crippen LogP contribution in [0.1, 0.15) is 17.7 Å². The molecule has 3 rings (SSSR count). The number of hydrogen-bond donors (Lipinski definition) is 1. The second-order valence-electron chi connectivity index (χ2n) is 5.80. The van der Waals surface area contributed by atoms with Gasteiger partial charge in [-0.1, -0.05) is 17.8 Å². The molecule has 1 aliphatic heterocycles. The molecule has 0 unspecified atom stereocenters. The summed E-state index contributed by atoms with van der Waals surface area (Å²) in [5.74, 6) is 1.74. The van der Waals surface area contributed by atoms with Crippen molar-refractivity contribution in [2.75, 3.05) is 18.8 Å². The van der Waals surface area contributed by atoms with E-state index >= 15 is 0 Å². The number of aryl methyl sites for hydroxylation is 1. The van der Waals surface area contributed by atoms with Crippen molar-refractivity contribution in [2.24, 2.45) is 13.0 Å². The van der Waals surface area contributed by atoms with E-state index in [0.717, 1.165) is 36.8 Å². The van der Waals surface area contributed by atoms with E-state index in [1.807, 2.05) is 53.6 Å². The minimum atomic E-state index is 0.0635. The zero-order valence-electron chi connectivity index (χ0n) is 13.3. The Hall–Kier alpha value is -1.47. The summed E-state index contributed by atoms with van der Waals surface area (Å²) < 4.78 is 2.05. The van der Waals surface area contributed by atoms with Gasteiger partial charge in [-0.3, -0.25) is 0 Å². The van der Waals surface area contributed by atoms with E-state index in [9.17, 15) is 4.79 Å². The summed E-state index contributed by atoms with van der Waals surface area (Å²) in [6.07, 6.45) is 5.96. The van der Waals surface area contributed by atoms with E-state index in [4.69, 9.17) is 0 Å². The average molecular weight is 351 g/mol. The standard InChI is InChI=1S/C16H22N4OS2/c1-19-9-6-17-16(19)23-12-13-4-7-20(8-5-13)15(21)18-11-14-3-2-10-22-14/h2-3,6,9-10,13H,4-5,7-8,11-12H2,1H3,(H,18,21). The topological polar surface area (TPSA) is 50.2 Å². The van der Waals surface area contributed by atoms with Crippen LogP contribution in [-0.2, 0) is 13.6 Å². The van der Waals surface area contributed by atoms with Gasteiger partial charge in [-0.2, -0.15) is 0 Å². The second-order valence-corrected chi connectivity index (χ2v) is 7.82. The minimum absolute atomic E-state index is 0.0635. The molecular formula is C16H22N4OS2. The molecule has 1 N–H and O–H groups in total. The van der Waals surface area contributed by atoms with Crippen molar-refractivity contribution in [1.29, 1.82) is 0 Å². The number of nitrogens with one attached hydrogen (secondary N) is 1. The maximum Gasteiger partial charge on any atom is 0.317 e. The number of aromatic nitrogens is 2. The molecule has 0 bridgehead atoms. The van der Waals surface area contributed by atoms with Crippen LogP contribution in [0.4, 0.5) is 4.79 Å². The van der Waals surface area contributed by atoms with E-state index in [2.05, 4.69) is 14.9 Å². The summed E-state index contributed by atoms with van der Waals surface area (Å²) >= 11 is 3.49. The number of piperidine rings is 1. The highest BCUT2D eigenvalue weighted by molar-refractivity contribution is 7.99. The molecule has 0 atom stereocenters. The Morgan fingerprint density at radius 3 is 2.96 bits per heavy atom. The van der Waals surface area contributed by atoms with Crippen LogP contribution in [0.15, 0.2) is 35.1 Å². The minimum Gasteiger partial charge on any atom is -0.333 e. The molecule has 3 heterocycles. The van der Waals surface area contributed by atoms with Gasteiger partial charge in [0.15, 0.2) is 5.16 Å². The first-order chi connectivity index (χ1) is 11.2. The second kappa shape index (κ2) is 7.88. The summed E-state index contributed by atoms with van der Waals surface area (Å²) in [6.45, 7) is 2.33. The van der Waals surface area contributed by atoms with Crippen molar-refractivity contribution in [2.45, 2.75) is 24.5 Å². The molecule has 2 amide bonds. The molecule has 0 aliphatic carbocycles. The van der Waals surface area contributed by atoms with Gasteiger partial charge in [-0.05, 0) is 30.2 Å². The number of thioether (sulfide) groups is 1. The SMILES string of the molecule is Cn1ccnc1SCC1CCN(C(=O)NCc2cccs2)CC1. The monoisotopic (exact) mass is 350 g/mol. The fraction of sp³-hybridized carbons (Fsp3) is 0.500. The molecule has 0 saturated carbocycles. The number of nitrogens with zero attached hydrogens (tertiary/aromatic N) is 3. The van der Waals surface area contributed by atoms with Gasteiger partial charge in [0.2, 0.25) is 0 Å². The van der Waals surface area contributed by atoms with Crippen molar-refractivity contribution in [3.8, 4) is 0 Å². The summed E-state index contributed by atoms with van der Waals surface area (Å²) in [5, 5.41) is 6.11. The highest BCUT2D eigenvalue weighted by atomic mass is 32.2. The Labute approximate surface area is 145 Å². The highest BCUT2D eigenvalue weighted by Crippen LogP contribution is 2.25. The van der Waals surface area contributed by atoms with Crippen molar-refractivity contribution < 1.29 is 4.79 Å². The lowest BCUT2D eigenvalue weighted by molar-refractivity contribution is 0.174. The first-order valence-corrected chi connectivity index (χ1v) is 9.74. The predicted octanol–water partition coefficient (Wildman–Crippen LogP) is 3.20. The number of amides is 2. The maximum absolute atomic E-state index is 12.2. The molecule has 23 heavy (non-hydrogen) atoms. The lowest BCUT2D eigenvalue weighted by Crippen LogP contribution is -2.44. The molecule has 0 spiro atoms. The van der Waals surface area contributed by atoms with E-state index < -0.39 is 0 Å².